The minimum absolute atomic E-state index is 0.174. The van der Waals surface area contributed by atoms with Gasteiger partial charge in [0.05, 0.1) is 13.2 Å². The van der Waals surface area contributed by atoms with Gasteiger partial charge in [-0.25, -0.2) is 4.79 Å². The van der Waals surface area contributed by atoms with E-state index in [9.17, 15) is 4.79 Å². The van der Waals surface area contributed by atoms with E-state index in [1.165, 1.54) is 0 Å². The molecule has 1 N–H and O–H groups in total. The van der Waals surface area contributed by atoms with Crippen molar-refractivity contribution in [2.24, 2.45) is 0 Å². The van der Waals surface area contributed by atoms with Gasteiger partial charge in [-0.05, 0) is 0 Å². The predicted octanol–water partition coefficient (Wildman–Crippen LogP) is 0.990. The number of rotatable bonds is 9. The molecule has 0 aliphatic heterocycles. The van der Waals surface area contributed by atoms with Gasteiger partial charge in [0.25, 0.3) is 0 Å². The minimum Gasteiger partial charge on any atom is -0.382 e. The van der Waals surface area contributed by atoms with E-state index in [1.807, 2.05) is 0 Å². The lowest BCUT2D eigenvalue weighted by Gasteiger charge is -2.19. The van der Waals surface area contributed by atoms with Crippen LogP contribution in [0.25, 0.3) is 0 Å². The fraction of sp³-hybridized carbons (Fsp3) is 0.545. The number of nitrogens with one attached hydrogen (secondary N) is 1. The monoisotopic (exact) mass is 228 g/mol. The van der Waals surface area contributed by atoms with Crippen LogP contribution in [0.4, 0.5) is 4.79 Å². The Hall–Kier alpha value is -1.33. The van der Waals surface area contributed by atoms with Crippen molar-refractivity contribution >= 4 is 6.03 Å². The lowest BCUT2D eigenvalue weighted by Crippen LogP contribution is -2.41. The van der Waals surface area contributed by atoms with Gasteiger partial charge >= 0.3 is 6.03 Å². The predicted molar refractivity (Wildman–Crippen MR) is 63.2 cm³/mol. The summed E-state index contributed by atoms with van der Waals surface area (Å²) in [6.07, 6.45) is 3.32. The zero-order valence-corrected chi connectivity index (χ0v) is 9.78. The molecule has 0 fully saturated rings. The van der Waals surface area contributed by atoms with Gasteiger partial charge in [0.2, 0.25) is 0 Å². The zero-order chi connectivity index (χ0) is 12.2. The Morgan fingerprint density at radius 1 is 1.31 bits per heavy atom. The lowest BCUT2D eigenvalue weighted by atomic mass is 10.5. The number of hydrogen-bond acceptors (Lipinski definition) is 3. The average Bonchev–Trinajstić information content (AvgIpc) is 2.28. The number of carbonyl (C=O) groups is 1. The van der Waals surface area contributed by atoms with Crippen LogP contribution in [0.1, 0.15) is 0 Å². The molecule has 0 unspecified atom stereocenters. The lowest BCUT2D eigenvalue weighted by molar-refractivity contribution is 0.0622. The number of nitrogens with zero attached hydrogens (tertiary/aromatic N) is 1. The van der Waals surface area contributed by atoms with Crippen molar-refractivity contribution < 1.29 is 14.3 Å². The number of carbonyl (C=O) groups excluding carboxylic acids is 1. The van der Waals surface area contributed by atoms with Gasteiger partial charge in [-0.3, -0.25) is 0 Å². The molecule has 0 rings (SSSR count). The Morgan fingerprint density at radius 3 is 2.44 bits per heavy atom. The van der Waals surface area contributed by atoms with E-state index in [4.69, 9.17) is 9.47 Å². The van der Waals surface area contributed by atoms with Gasteiger partial charge in [0.15, 0.2) is 0 Å². The highest BCUT2D eigenvalue weighted by Gasteiger charge is 2.08. The zero-order valence-electron chi connectivity index (χ0n) is 9.78. The quantitative estimate of drug-likeness (QED) is 0.364. The van der Waals surface area contributed by atoms with Gasteiger partial charge in [-0.1, -0.05) is 12.2 Å². The Morgan fingerprint density at radius 2 is 1.94 bits per heavy atom. The van der Waals surface area contributed by atoms with Crippen molar-refractivity contribution in [1.82, 2.24) is 10.2 Å². The average molecular weight is 228 g/mol. The fourth-order valence-electron chi connectivity index (χ4n) is 0.991. The standard InChI is InChI=1S/C11H20N2O3/c1-4-6-13(7-5-2)11(14)12-10-16-9-8-15-3/h4-5H,1-2,6-10H2,3H3,(H,12,14). The van der Waals surface area contributed by atoms with E-state index in [2.05, 4.69) is 18.5 Å². The summed E-state index contributed by atoms with van der Waals surface area (Å²) in [6, 6.07) is -0.197. The maximum absolute atomic E-state index is 11.6. The second kappa shape index (κ2) is 10.2. The first-order valence-corrected chi connectivity index (χ1v) is 5.07. The highest BCUT2D eigenvalue weighted by molar-refractivity contribution is 5.74. The van der Waals surface area contributed by atoms with Crippen LogP contribution >= 0.6 is 0 Å². The molecule has 92 valence electrons. The molecule has 5 heteroatoms. The Labute approximate surface area is 96.7 Å². The van der Waals surface area contributed by atoms with E-state index in [1.54, 1.807) is 24.2 Å². The maximum Gasteiger partial charge on any atom is 0.319 e. The van der Waals surface area contributed by atoms with Crippen molar-refractivity contribution in [3.05, 3.63) is 25.3 Å². The number of urea groups is 1. The summed E-state index contributed by atoms with van der Waals surface area (Å²) in [5.41, 5.74) is 0. The van der Waals surface area contributed by atoms with Crippen molar-refractivity contribution in [3.8, 4) is 0 Å². The second-order valence-electron chi connectivity index (χ2n) is 3.01. The Kier molecular flexibility index (Phi) is 9.35. The third kappa shape index (κ3) is 7.03. The summed E-state index contributed by atoms with van der Waals surface area (Å²) >= 11 is 0. The number of amides is 2. The highest BCUT2D eigenvalue weighted by atomic mass is 16.5. The fourth-order valence-corrected chi connectivity index (χ4v) is 0.991. The van der Waals surface area contributed by atoms with E-state index >= 15 is 0 Å². The molecule has 0 saturated heterocycles. The summed E-state index contributed by atoms with van der Waals surface area (Å²) in [7, 11) is 1.60. The first-order chi connectivity index (χ1) is 7.76. The van der Waals surface area contributed by atoms with Gasteiger partial charge < -0.3 is 19.7 Å². The van der Waals surface area contributed by atoms with Crippen molar-refractivity contribution in [2.75, 3.05) is 40.1 Å². The van der Waals surface area contributed by atoms with Crippen molar-refractivity contribution in [3.63, 3.8) is 0 Å². The topological polar surface area (TPSA) is 50.8 Å². The van der Waals surface area contributed by atoms with Gasteiger partial charge in [0, 0.05) is 20.2 Å². The van der Waals surface area contributed by atoms with Crippen LogP contribution in [0.15, 0.2) is 25.3 Å². The number of ether oxygens (including phenoxy) is 2. The van der Waals surface area contributed by atoms with Gasteiger partial charge in [-0.15, -0.1) is 13.2 Å². The van der Waals surface area contributed by atoms with E-state index in [-0.39, 0.29) is 12.8 Å². The van der Waals surface area contributed by atoms with E-state index in [0.717, 1.165) is 0 Å². The van der Waals surface area contributed by atoms with Crippen molar-refractivity contribution in [1.29, 1.82) is 0 Å². The summed E-state index contributed by atoms with van der Waals surface area (Å²) < 4.78 is 9.91. The molecule has 0 spiro atoms. The van der Waals surface area contributed by atoms with E-state index in [0.29, 0.717) is 26.3 Å². The molecule has 0 aliphatic rings. The maximum atomic E-state index is 11.6. The summed E-state index contributed by atoms with van der Waals surface area (Å²) in [4.78, 5) is 13.1. The molecule has 2 amide bonds. The van der Waals surface area contributed by atoms with Crippen molar-refractivity contribution in [2.45, 2.75) is 0 Å². The summed E-state index contributed by atoms with van der Waals surface area (Å²) in [5, 5.41) is 2.62. The van der Waals surface area contributed by atoms with Crippen LogP contribution < -0.4 is 5.32 Å². The van der Waals surface area contributed by atoms with Crippen LogP contribution in [0.2, 0.25) is 0 Å². The van der Waals surface area contributed by atoms with Crippen LogP contribution in [0.5, 0.6) is 0 Å². The molecule has 16 heavy (non-hydrogen) atoms. The molecule has 5 nitrogen and oxygen atoms in total. The SMILES string of the molecule is C=CCN(CC=C)C(=O)NCOCCOC. The molecule has 0 aromatic heterocycles. The van der Waals surface area contributed by atoms with Crippen LogP contribution in [0.3, 0.4) is 0 Å². The van der Waals surface area contributed by atoms with Crippen LogP contribution in [0, 0.1) is 0 Å². The van der Waals surface area contributed by atoms with Gasteiger partial charge in [0.1, 0.15) is 6.73 Å². The summed E-state index contributed by atoms with van der Waals surface area (Å²) in [5.74, 6) is 0. The molecule has 0 aromatic rings. The molecule has 0 bridgehead atoms. The van der Waals surface area contributed by atoms with Crippen LogP contribution in [-0.4, -0.2) is 51.1 Å². The Balaban J connectivity index is 3.73. The van der Waals surface area contributed by atoms with Gasteiger partial charge in [-0.2, -0.15) is 0 Å². The first-order valence-electron chi connectivity index (χ1n) is 5.07. The smallest absolute Gasteiger partial charge is 0.319 e. The molecular formula is C11H20N2O3. The third-order valence-electron chi connectivity index (χ3n) is 1.74. The molecule has 0 heterocycles. The molecule has 0 aromatic carbocycles. The second-order valence-corrected chi connectivity index (χ2v) is 3.01. The first kappa shape index (κ1) is 14.7. The normalized spacial score (nSPS) is 9.56. The molecular weight excluding hydrogens is 208 g/mol. The Bertz CT molecular complexity index is 209. The minimum atomic E-state index is -0.197. The molecule has 0 saturated carbocycles. The highest BCUT2D eigenvalue weighted by Crippen LogP contribution is 1.90. The third-order valence-corrected chi connectivity index (χ3v) is 1.74. The molecule has 0 atom stereocenters. The number of hydrogen-bond donors (Lipinski definition) is 1. The van der Waals surface area contributed by atoms with Crippen LogP contribution in [-0.2, 0) is 9.47 Å². The number of methoxy groups -OCH3 is 1. The summed E-state index contributed by atoms with van der Waals surface area (Å²) in [6.45, 7) is 9.27. The van der Waals surface area contributed by atoms with E-state index < -0.39 is 0 Å². The molecule has 0 radical (unpaired) electrons. The molecule has 0 aliphatic carbocycles. The largest absolute Gasteiger partial charge is 0.382 e.